The molecule has 1 aliphatic carbocycles. The maximum absolute atomic E-state index is 11.8. The molecule has 0 aromatic heterocycles. The van der Waals surface area contributed by atoms with E-state index in [0.717, 1.165) is 50.5 Å². The van der Waals surface area contributed by atoms with Crippen LogP contribution in [0.1, 0.15) is 90.9 Å². The molecule has 0 fully saturated rings. The van der Waals surface area contributed by atoms with E-state index in [2.05, 4.69) is 13.0 Å². The van der Waals surface area contributed by atoms with Gasteiger partial charge in [0.2, 0.25) is 0 Å². The van der Waals surface area contributed by atoms with Gasteiger partial charge in [-0.3, -0.25) is 9.59 Å². The van der Waals surface area contributed by atoms with Gasteiger partial charge < -0.3 is 10.2 Å². The third-order valence-corrected chi connectivity index (χ3v) is 5.57. The third-order valence-electron chi connectivity index (χ3n) is 5.57. The van der Waals surface area contributed by atoms with Crippen molar-refractivity contribution < 1.29 is 19.8 Å². The number of carbonyl (C=O) groups is 2. The predicted octanol–water partition coefficient (Wildman–Crippen LogP) is 5.67. The molecule has 144 valence electrons. The fourth-order valence-electron chi connectivity index (χ4n) is 3.96. The highest BCUT2D eigenvalue weighted by molar-refractivity contribution is 5.73. The van der Waals surface area contributed by atoms with Crippen molar-refractivity contribution in [3.8, 4) is 0 Å². The number of hydrogen-bond donors (Lipinski definition) is 2. The highest BCUT2D eigenvalue weighted by Gasteiger charge is 2.29. The quantitative estimate of drug-likeness (QED) is 0.331. The molecule has 1 rings (SSSR count). The second-order valence-electron chi connectivity index (χ2n) is 7.55. The summed E-state index contributed by atoms with van der Waals surface area (Å²) in [4.78, 5) is 23.3. The second-order valence-corrected chi connectivity index (χ2v) is 7.55. The van der Waals surface area contributed by atoms with Gasteiger partial charge >= 0.3 is 11.9 Å². The van der Waals surface area contributed by atoms with Crippen LogP contribution in [0, 0.1) is 17.8 Å². The van der Waals surface area contributed by atoms with Gasteiger partial charge in [-0.2, -0.15) is 0 Å². The van der Waals surface area contributed by atoms with Crippen LogP contribution in [-0.2, 0) is 9.59 Å². The van der Waals surface area contributed by atoms with Crippen LogP contribution in [0.2, 0.25) is 0 Å². The summed E-state index contributed by atoms with van der Waals surface area (Å²) in [5.74, 6) is -2.09. The van der Waals surface area contributed by atoms with Gasteiger partial charge in [0.05, 0.1) is 11.8 Å². The van der Waals surface area contributed by atoms with Crippen LogP contribution in [0.5, 0.6) is 0 Å². The Morgan fingerprint density at radius 2 is 1.80 bits per heavy atom. The Bertz CT molecular complexity index is 441. The molecular formula is C21H36O4. The van der Waals surface area contributed by atoms with E-state index < -0.39 is 17.9 Å². The van der Waals surface area contributed by atoms with E-state index in [9.17, 15) is 19.8 Å². The minimum Gasteiger partial charge on any atom is -0.481 e. The maximum Gasteiger partial charge on any atom is 0.310 e. The summed E-state index contributed by atoms with van der Waals surface area (Å²) in [7, 11) is 0. The first-order valence-electron chi connectivity index (χ1n) is 10.1. The molecule has 0 amide bonds. The van der Waals surface area contributed by atoms with Crippen molar-refractivity contribution in [3.05, 3.63) is 11.6 Å². The molecule has 25 heavy (non-hydrogen) atoms. The zero-order valence-corrected chi connectivity index (χ0v) is 16.0. The second kappa shape index (κ2) is 12.1. The largest absolute Gasteiger partial charge is 0.481 e. The average molecular weight is 353 g/mol. The Hall–Kier alpha value is -1.32. The zero-order chi connectivity index (χ0) is 18.7. The molecule has 0 radical (unpaired) electrons. The molecule has 0 aromatic carbocycles. The van der Waals surface area contributed by atoms with Gasteiger partial charge in [-0.1, -0.05) is 57.6 Å². The first-order valence-corrected chi connectivity index (χ1v) is 10.1. The fraction of sp³-hybridized carbons (Fsp3) is 0.810. The molecule has 0 heterocycles. The van der Waals surface area contributed by atoms with E-state index >= 15 is 0 Å². The van der Waals surface area contributed by atoms with E-state index in [-0.39, 0.29) is 11.8 Å². The minimum atomic E-state index is -0.746. The molecule has 0 saturated heterocycles. The molecule has 0 aromatic rings. The van der Waals surface area contributed by atoms with E-state index in [1.165, 1.54) is 12.8 Å². The van der Waals surface area contributed by atoms with E-state index in [1.54, 1.807) is 0 Å². The number of aliphatic carboxylic acids is 2. The monoisotopic (exact) mass is 352 g/mol. The maximum atomic E-state index is 11.8. The third kappa shape index (κ3) is 8.06. The molecule has 3 unspecified atom stereocenters. The van der Waals surface area contributed by atoms with Gasteiger partial charge in [0.25, 0.3) is 0 Å². The van der Waals surface area contributed by atoms with Crippen LogP contribution >= 0.6 is 0 Å². The molecule has 2 N–H and O–H groups in total. The number of unbranched alkanes of at least 4 members (excludes halogenated alkanes) is 3. The van der Waals surface area contributed by atoms with Gasteiger partial charge in [-0.15, -0.1) is 0 Å². The smallest absolute Gasteiger partial charge is 0.310 e. The van der Waals surface area contributed by atoms with E-state index in [0.29, 0.717) is 19.3 Å². The molecule has 4 nitrogen and oxygen atoms in total. The van der Waals surface area contributed by atoms with E-state index in [4.69, 9.17) is 0 Å². The van der Waals surface area contributed by atoms with Crippen molar-refractivity contribution in [3.63, 3.8) is 0 Å². The van der Waals surface area contributed by atoms with Crippen LogP contribution in [-0.4, -0.2) is 22.2 Å². The molecule has 1 aliphatic rings. The summed E-state index contributed by atoms with van der Waals surface area (Å²) >= 11 is 0. The molecule has 0 spiro atoms. The number of rotatable bonds is 13. The summed E-state index contributed by atoms with van der Waals surface area (Å²) in [6.07, 6.45) is 13.5. The summed E-state index contributed by atoms with van der Waals surface area (Å²) in [6.45, 7) is 4.08. The number of carboxylic acid groups (broad SMARTS) is 2. The summed E-state index contributed by atoms with van der Waals surface area (Å²) in [5.41, 5.74) is 1.07. The number of carboxylic acids is 2. The minimum absolute atomic E-state index is 0.182. The Morgan fingerprint density at radius 3 is 2.32 bits per heavy atom. The Balaban J connectivity index is 2.77. The van der Waals surface area contributed by atoms with Crippen molar-refractivity contribution in [2.24, 2.45) is 17.8 Å². The Labute approximate surface area is 152 Å². The average Bonchev–Trinajstić information content (AvgIpc) is 2.60. The van der Waals surface area contributed by atoms with Crippen LogP contribution in [0.15, 0.2) is 11.6 Å². The van der Waals surface area contributed by atoms with Gasteiger partial charge in [0.15, 0.2) is 0 Å². The van der Waals surface area contributed by atoms with Gasteiger partial charge in [0.1, 0.15) is 0 Å². The van der Waals surface area contributed by atoms with Gasteiger partial charge in [0, 0.05) is 0 Å². The van der Waals surface area contributed by atoms with Crippen molar-refractivity contribution >= 4 is 11.9 Å². The predicted molar refractivity (Wildman–Crippen MR) is 101 cm³/mol. The zero-order valence-electron chi connectivity index (χ0n) is 16.0. The van der Waals surface area contributed by atoms with Gasteiger partial charge in [-0.25, -0.2) is 0 Å². The van der Waals surface area contributed by atoms with Gasteiger partial charge in [-0.05, 0) is 50.9 Å². The summed E-state index contributed by atoms with van der Waals surface area (Å²) in [6, 6.07) is 0. The lowest BCUT2D eigenvalue weighted by atomic mass is 9.78. The van der Waals surface area contributed by atoms with E-state index in [1.807, 2.05) is 6.92 Å². The molecule has 0 saturated carbocycles. The normalized spacial score (nSPS) is 18.2. The molecule has 0 aliphatic heterocycles. The van der Waals surface area contributed by atoms with Crippen molar-refractivity contribution in [1.82, 2.24) is 0 Å². The summed E-state index contributed by atoms with van der Waals surface area (Å²) in [5, 5.41) is 19.1. The molecule has 4 heteroatoms. The molecule has 0 bridgehead atoms. The van der Waals surface area contributed by atoms with Crippen LogP contribution in [0.4, 0.5) is 0 Å². The molecule has 3 atom stereocenters. The molecular weight excluding hydrogens is 316 g/mol. The number of allylic oxidation sites excluding steroid dienone is 1. The lowest BCUT2D eigenvalue weighted by molar-refractivity contribution is -0.142. The topological polar surface area (TPSA) is 74.6 Å². The first-order chi connectivity index (χ1) is 12.0. The fourth-order valence-corrected chi connectivity index (χ4v) is 3.96. The number of hydrogen-bond acceptors (Lipinski definition) is 2. The lowest BCUT2D eigenvalue weighted by Gasteiger charge is -2.26. The van der Waals surface area contributed by atoms with Crippen LogP contribution in [0.25, 0.3) is 0 Å². The van der Waals surface area contributed by atoms with Crippen LogP contribution in [0.3, 0.4) is 0 Å². The summed E-state index contributed by atoms with van der Waals surface area (Å²) < 4.78 is 0. The highest BCUT2D eigenvalue weighted by Crippen LogP contribution is 2.34. The lowest BCUT2D eigenvalue weighted by Crippen LogP contribution is -2.24. The van der Waals surface area contributed by atoms with Crippen LogP contribution < -0.4 is 0 Å². The van der Waals surface area contributed by atoms with Crippen molar-refractivity contribution in [2.75, 3.05) is 0 Å². The van der Waals surface area contributed by atoms with Crippen molar-refractivity contribution in [1.29, 1.82) is 0 Å². The van der Waals surface area contributed by atoms with Crippen molar-refractivity contribution in [2.45, 2.75) is 90.9 Å². The Morgan fingerprint density at radius 1 is 1.04 bits per heavy atom. The standard InChI is InChI=1S/C21H36O4/c1-3-5-6-8-11-16(14-17(4-2)20(22)23)15-19(21(24)25)18-12-9-7-10-13-18/h12,16-17,19H,3-11,13-15H2,1-2H3,(H,22,23)(H,24,25). The highest BCUT2D eigenvalue weighted by atomic mass is 16.4. The Kier molecular flexibility index (Phi) is 10.5. The first kappa shape index (κ1) is 21.7. The SMILES string of the molecule is CCCCCCC(CC(CC)C(=O)O)CC(C(=O)O)C1=CCCCC1.